The number of imidazole rings is 1. The van der Waals surface area contributed by atoms with Crippen molar-refractivity contribution in [2.75, 3.05) is 11.4 Å². The summed E-state index contributed by atoms with van der Waals surface area (Å²) >= 11 is 0. The molecule has 8 nitrogen and oxygen atoms in total. The number of anilines is 1. The molecule has 8 heteroatoms. The number of rotatable bonds is 2. The van der Waals surface area contributed by atoms with Crippen LogP contribution in [0.25, 0.3) is 11.2 Å². The molecule has 4 rings (SSSR count). The SMILES string of the molecule is C[C@@H]1CN(Cc2ccco2)c2nc3c(c(=O)n(C)c(=O)n3C)n2C1. The fourth-order valence-electron chi connectivity index (χ4n) is 3.40. The molecule has 0 saturated heterocycles. The first kappa shape index (κ1) is 14.8. The summed E-state index contributed by atoms with van der Waals surface area (Å²) in [4.78, 5) is 31.5. The van der Waals surface area contributed by atoms with Gasteiger partial charge in [0, 0.05) is 27.2 Å². The van der Waals surface area contributed by atoms with E-state index in [1.54, 1.807) is 13.3 Å². The summed E-state index contributed by atoms with van der Waals surface area (Å²) in [5.41, 5.74) is 0.231. The van der Waals surface area contributed by atoms with E-state index in [-0.39, 0.29) is 11.2 Å². The molecule has 0 N–H and O–H groups in total. The Bertz CT molecular complexity index is 1020. The molecule has 4 heterocycles. The fraction of sp³-hybridized carbons (Fsp3) is 0.438. The van der Waals surface area contributed by atoms with E-state index in [1.165, 1.54) is 11.6 Å². The van der Waals surface area contributed by atoms with Crippen molar-refractivity contribution in [1.82, 2.24) is 18.7 Å². The van der Waals surface area contributed by atoms with E-state index in [2.05, 4.69) is 16.8 Å². The second-order valence-electron chi connectivity index (χ2n) is 6.47. The maximum atomic E-state index is 12.6. The van der Waals surface area contributed by atoms with Gasteiger partial charge in [-0.2, -0.15) is 4.98 Å². The normalized spacial score (nSPS) is 17.5. The van der Waals surface area contributed by atoms with E-state index in [0.717, 1.165) is 16.9 Å². The van der Waals surface area contributed by atoms with E-state index < -0.39 is 0 Å². The molecule has 0 spiro atoms. The molecule has 0 fully saturated rings. The van der Waals surface area contributed by atoms with Crippen LogP contribution in [0.3, 0.4) is 0 Å². The van der Waals surface area contributed by atoms with Crippen LogP contribution in [-0.4, -0.2) is 25.2 Å². The highest BCUT2D eigenvalue weighted by atomic mass is 16.3. The van der Waals surface area contributed by atoms with Crippen LogP contribution in [0.1, 0.15) is 12.7 Å². The molecule has 0 unspecified atom stereocenters. The second kappa shape index (κ2) is 5.12. The topological polar surface area (TPSA) is 78.2 Å². The summed E-state index contributed by atoms with van der Waals surface area (Å²) in [6.45, 7) is 4.23. The second-order valence-corrected chi connectivity index (χ2v) is 6.47. The minimum atomic E-state index is -0.367. The molecule has 1 aliphatic heterocycles. The Kier molecular flexibility index (Phi) is 3.16. The minimum Gasteiger partial charge on any atom is -0.467 e. The molecule has 0 bridgehead atoms. The number of furan rings is 1. The maximum Gasteiger partial charge on any atom is 0.332 e. The van der Waals surface area contributed by atoms with E-state index in [9.17, 15) is 9.59 Å². The quantitative estimate of drug-likeness (QED) is 0.691. The van der Waals surface area contributed by atoms with E-state index in [0.29, 0.717) is 36.1 Å². The lowest BCUT2D eigenvalue weighted by Crippen LogP contribution is -2.39. The fourth-order valence-corrected chi connectivity index (χ4v) is 3.40. The van der Waals surface area contributed by atoms with Gasteiger partial charge < -0.3 is 13.9 Å². The first-order valence-corrected chi connectivity index (χ1v) is 7.91. The summed E-state index contributed by atoms with van der Waals surface area (Å²) < 4.78 is 9.93. The van der Waals surface area contributed by atoms with Crippen LogP contribution in [-0.2, 0) is 27.2 Å². The molecular weight excluding hydrogens is 310 g/mol. The Morgan fingerprint density at radius 1 is 1.25 bits per heavy atom. The summed E-state index contributed by atoms with van der Waals surface area (Å²) in [5.74, 6) is 1.90. The summed E-state index contributed by atoms with van der Waals surface area (Å²) in [6, 6.07) is 3.77. The largest absolute Gasteiger partial charge is 0.467 e. The van der Waals surface area contributed by atoms with Crippen molar-refractivity contribution in [2.24, 2.45) is 20.0 Å². The van der Waals surface area contributed by atoms with Crippen LogP contribution in [0.4, 0.5) is 5.95 Å². The Balaban J connectivity index is 1.95. The van der Waals surface area contributed by atoms with Gasteiger partial charge in [-0.25, -0.2) is 4.79 Å². The van der Waals surface area contributed by atoms with Crippen molar-refractivity contribution in [2.45, 2.75) is 20.0 Å². The lowest BCUT2D eigenvalue weighted by atomic mass is 10.1. The molecule has 0 aliphatic carbocycles. The zero-order chi connectivity index (χ0) is 17.0. The van der Waals surface area contributed by atoms with Crippen molar-refractivity contribution in [3.05, 3.63) is 45.0 Å². The smallest absolute Gasteiger partial charge is 0.332 e. The molecule has 0 amide bonds. The molecule has 126 valence electrons. The number of aryl methyl sites for hydroxylation is 1. The van der Waals surface area contributed by atoms with Crippen molar-refractivity contribution in [3.63, 3.8) is 0 Å². The Morgan fingerprint density at radius 3 is 2.75 bits per heavy atom. The van der Waals surface area contributed by atoms with Gasteiger partial charge in [-0.05, 0) is 18.1 Å². The van der Waals surface area contributed by atoms with Gasteiger partial charge in [-0.15, -0.1) is 0 Å². The third kappa shape index (κ3) is 2.02. The standard InChI is InChI=1S/C16H19N5O3/c1-10-7-20(9-11-5-4-6-24-11)15-17-13-12(21(15)8-10)14(22)19(3)16(23)18(13)2/h4-6,10H,7-9H2,1-3H3/t10-/m1/s1. The highest BCUT2D eigenvalue weighted by molar-refractivity contribution is 5.74. The first-order chi connectivity index (χ1) is 11.5. The van der Waals surface area contributed by atoms with Gasteiger partial charge in [0.2, 0.25) is 5.95 Å². The molecule has 24 heavy (non-hydrogen) atoms. The van der Waals surface area contributed by atoms with Gasteiger partial charge in [-0.1, -0.05) is 6.92 Å². The van der Waals surface area contributed by atoms with Crippen LogP contribution < -0.4 is 16.1 Å². The summed E-state index contributed by atoms with van der Waals surface area (Å²) in [5, 5.41) is 0. The van der Waals surface area contributed by atoms with Gasteiger partial charge in [-0.3, -0.25) is 13.9 Å². The Hall–Kier alpha value is -2.77. The zero-order valence-electron chi connectivity index (χ0n) is 13.9. The zero-order valence-corrected chi connectivity index (χ0v) is 13.9. The molecule has 1 atom stereocenters. The van der Waals surface area contributed by atoms with Gasteiger partial charge in [0.25, 0.3) is 5.56 Å². The number of hydrogen-bond acceptors (Lipinski definition) is 5. The lowest BCUT2D eigenvalue weighted by molar-refractivity contribution is 0.417. The number of hydrogen-bond donors (Lipinski definition) is 0. The summed E-state index contributed by atoms with van der Waals surface area (Å²) in [6.07, 6.45) is 1.64. The number of aromatic nitrogens is 4. The highest BCUT2D eigenvalue weighted by Crippen LogP contribution is 2.28. The first-order valence-electron chi connectivity index (χ1n) is 7.91. The molecule has 3 aromatic heterocycles. The van der Waals surface area contributed by atoms with Crippen LogP contribution in [0, 0.1) is 5.92 Å². The molecule has 0 saturated carbocycles. The highest BCUT2D eigenvalue weighted by Gasteiger charge is 2.28. The van der Waals surface area contributed by atoms with Crippen LogP contribution in [0.5, 0.6) is 0 Å². The predicted molar refractivity (Wildman–Crippen MR) is 89.1 cm³/mol. The Labute approximate surface area is 137 Å². The van der Waals surface area contributed by atoms with Crippen molar-refractivity contribution in [1.29, 1.82) is 0 Å². The third-order valence-electron chi connectivity index (χ3n) is 4.56. The maximum absolute atomic E-state index is 12.6. The van der Waals surface area contributed by atoms with Gasteiger partial charge >= 0.3 is 5.69 Å². The molecule has 1 aliphatic rings. The monoisotopic (exact) mass is 329 g/mol. The van der Waals surface area contributed by atoms with Gasteiger partial charge in [0.05, 0.1) is 12.8 Å². The van der Waals surface area contributed by atoms with E-state index in [4.69, 9.17) is 4.42 Å². The van der Waals surface area contributed by atoms with Gasteiger partial charge in [0.1, 0.15) is 5.76 Å². The number of fused-ring (bicyclic) bond motifs is 3. The van der Waals surface area contributed by atoms with Crippen molar-refractivity contribution < 1.29 is 4.42 Å². The minimum absolute atomic E-state index is 0.307. The van der Waals surface area contributed by atoms with Crippen molar-refractivity contribution in [3.8, 4) is 0 Å². The average Bonchev–Trinajstić information content (AvgIpc) is 3.18. The van der Waals surface area contributed by atoms with E-state index in [1.807, 2.05) is 16.7 Å². The predicted octanol–water partition coefficient (Wildman–Crippen LogP) is 0.683. The molecular formula is C16H19N5O3. The number of nitrogens with zero attached hydrogens (tertiary/aromatic N) is 5. The molecule has 0 aromatic carbocycles. The molecule has 0 radical (unpaired) electrons. The average molecular weight is 329 g/mol. The van der Waals surface area contributed by atoms with Crippen molar-refractivity contribution >= 4 is 17.1 Å². The van der Waals surface area contributed by atoms with Gasteiger partial charge in [0.15, 0.2) is 11.2 Å². The van der Waals surface area contributed by atoms with Crippen LogP contribution >= 0.6 is 0 Å². The third-order valence-corrected chi connectivity index (χ3v) is 4.56. The molecule has 3 aromatic rings. The Morgan fingerprint density at radius 2 is 2.04 bits per heavy atom. The lowest BCUT2D eigenvalue weighted by Gasteiger charge is -2.32. The summed E-state index contributed by atoms with van der Waals surface area (Å²) in [7, 11) is 3.14. The van der Waals surface area contributed by atoms with E-state index >= 15 is 0 Å². The van der Waals surface area contributed by atoms with Crippen LogP contribution in [0.2, 0.25) is 0 Å². The van der Waals surface area contributed by atoms with Crippen LogP contribution in [0.15, 0.2) is 32.4 Å².